The van der Waals surface area contributed by atoms with E-state index in [0.29, 0.717) is 0 Å². The average Bonchev–Trinajstić information content (AvgIpc) is 2.10. The molecule has 0 bridgehead atoms. The fourth-order valence-electron chi connectivity index (χ4n) is 0. The fraction of sp³-hybridized carbons (Fsp3) is 1.00. The molecule has 2 heteroatoms. The van der Waals surface area contributed by atoms with Crippen LogP contribution in [0.3, 0.4) is 0 Å². The Morgan fingerprint density at radius 1 is 0.833 bits per heavy atom. The van der Waals surface area contributed by atoms with E-state index >= 15 is 0 Å². The molecule has 3 N–H and O–H groups in total. The van der Waals surface area contributed by atoms with Crippen LogP contribution in [0.25, 0.3) is 0 Å². The minimum Gasteiger partial charge on any atom is -0.333 e. The van der Waals surface area contributed by atoms with Gasteiger partial charge in [-0.15, -0.1) is 0 Å². The van der Waals surface area contributed by atoms with Crippen molar-refractivity contribution in [1.82, 2.24) is 5.32 Å². The molecule has 0 aromatic carbocycles. The quantitative estimate of drug-likeness (QED) is 0.648. The van der Waals surface area contributed by atoms with Gasteiger partial charge in [-0.1, -0.05) is 47.5 Å². The zero-order chi connectivity index (χ0) is 10.8. The Labute approximate surface area is 79.9 Å². The molecule has 2 nitrogen and oxygen atoms in total. The van der Waals surface area contributed by atoms with Crippen molar-refractivity contribution < 1.29 is 0 Å². The molecule has 0 aliphatic heterocycles. The van der Waals surface area contributed by atoms with Gasteiger partial charge in [0.15, 0.2) is 0 Å². The van der Waals surface area contributed by atoms with E-state index in [9.17, 15) is 0 Å². The standard InChI is InChI=1S/C3H9N.2C3H8.CH5N/c1-3-4-2;2*1-3-2;1-2/h4H,3H2,1-2H3;2*3H2,1-2H3;2H2,1H3. The van der Waals surface area contributed by atoms with Crippen LogP contribution in [0, 0.1) is 0 Å². The van der Waals surface area contributed by atoms with E-state index in [2.05, 4.69) is 45.7 Å². The van der Waals surface area contributed by atoms with Crippen LogP contribution in [0.2, 0.25) is 0 Å². The van der Waals surface area contributed by atoms with Gasteiger partial charge in [0.25, 0.3) is 0 Å². The number of nitrogens with two attached hydrogens (primary N) is 1. The van der Waals surface area contributed by atoms with Crippen molar-refractivity contribution in [1.29, 1.82) is 0 Å². The van der Waals surface area contributed by atoms with Crippen molar-refractivity contribution in [3.63, 3.8) is 0 Å². The third-order valence-electron chi connectivity index (χ3n) is 0.354. The van der Waals surface area contributed by atoms with E-state index in [0.717, 1.165) is 6.54 Å². The van der Waals surface area contributed by atoms with Gasteiger partial charge in [0.05, 0.1) is 0 Å². The zero-order valence-corrected chi connectivity index (χ0v) is 10.2. The highest BCUT2D eigenvalue weighted by molar-refractivity contribution is 4.15. The van der Waals surface area contributed by atoms with Gasteiger partial charge in [0.1, 0.15) is 0 Å². The van der Waals surface area contributed by atoms with Gasteiger partial charge >= 0.3 is 0 Å². The van der Waals surface area contributed by atoms with Gasteiger partial charge in [-0.2, -0.15) is 0 Å². The van der Waals surface area contributed by atoms with Crippen LogP contribution in [-0.4, -0.2) is 20.6 Å². The topological polar surface area (TPSA) is 38.0 Å². The normalized spacial score (nSPS) is 6.00. The third-order valence-corrected chi connectivity index (χ3v) is 0.354. The van der Waals surface area contributed by atoms with Gasteiger partial charge < -0.3 is 11.1 Å². The van der Waals surface area contributed by atoms with Crippen LogP contribution in [0.15, 0.2) is 0 Å². The first kappa shape index (κ1) is 22.7. The van der Waals surface area contributed by atoms with Gasteiger partial charge in [-0.25, -0.2) is 0 Å². The van der Waals surface area contributed by atoms with Crippen molar-refractivity contribution in [2.45, 2.75) is 47.5 Å². The van der Waals surface area contributed by atoms with Gasteiger partial charge in [0, 0.05) is 0 Å². The van der Waals surface area contributed by atoms with E-state index in [1.807, 2.05) is 7.05 Å². The summed E-state index contributed by atoms with van der Waals surface area (Å²) in [5, 5.41) is 2.93. The van der Waals surface area contributed by atoms with Gasteiger partial charge in [-0.05, 0) is 20.6 Å². The van der Waals surface area contributed by atoms with Crippen molar-refractivity contribution in [3.05, 3.63) is 0 Å². The highest BCUT2D eigenvalue weighted by Crippen LogP contribution is 1.56. The molecule has 0 aromatic heterocycles. The monoisotopic (exact) mass is 178 g/mol. The van der Waals surface area contributed by atoms with E-state index in [1.54, 1.807) is 0 Å². The van der Waals surface area contributed by atoms with Gasteiger partial charge in [-0.3, -0.25) is 0 Å². The minimum atomic E-state index is 1.07. The van der Waals surface area contributed by atoms with Crippen molar-refractivity contribution in [3.8, 4) is 0 Å². The number of hydrogen-bond donors (Lipinski definition) is 2. The molecule has 0 radical (unpaired) electrons. The Balaban J connectivity index is -0.0000000368. The zero-order valence-electron chi connectivity index (χ0n) is 10.2. The molecule has 0 saturated carbocycles. The molecule has 0 unspecified atom stereocenters. The summed E-state index contributed by atoms with van der Waals surface area (Å²) >= 11 is 0. The molecule has 0 atom stereocenters. The Morgan fingerprint density at radius 3 is 0.917 bits per heavy atom. The maximum Gasteiger partial charge on any atom is -0.00804 e. The molecule has 0 heterocycles. The summed E-state index contributed by atoms with van der Waals surface area (Å²) in [5.41, 5.74) is 4.50. The molecule has 12 heavy (non-hydrogen) atoms. The molecule has 0 aliphatic carbocycles. The summed E-state index contributed by atoms with van der Waals surface area (Å²) in [5.74, 6) is 0. The highest BCUT2D eigenvalue weighted by Gasteiger charge is 1.50. The second-order valence-electron chi connectivity index (χ2n) is 2.12. The molecule has 0 amide bonds. The second kappa shape index (κ2) is 69.9. The lowest BCUT2D eigenvalue weighted by molar-refractivity contribution is 0.864. The van der Waals surface area contributed by atoms with Crippen LogP contribution in [0.1, 0.15) is 47.5 Å². The first-order valence-electron chi connectivity index (χ1n) is 4.97. The minimum absolute atomic E-state index is 1.07. The summed E-state index contributed by atoms with van der Waals surface area (Å²) in [6.45, 7) is 11.6. The number of hydrogen-bond acceptors (Lipinski definition) is 2. The lowest BCUT2D eigenvalue weighted by Gasteiger charge is -1.76. The molecule has 0 fully saturated rings. The molecular formula is C10H30N2. The molecule has 80 valence electrons. The average molecular weight is 178 g/mol. The Morgan fingerprint density at radius 2 is 0.917 bits per heavy atom. The molecule has 0 aromatic rings. The van der Waals surface area contributed by atoms with Gasteiger partial charge in [0.2, 0.25) is 0 Å². The van der Waals surface area contributed by atoms with E-state index < -0.39 is 0 Å². The largest absolute Gasteiger partial charge is 0.333 e. The molecule has 0 rings (SSSR count). The Hall–Kier alpha value is -0.0800. The number of nitrogens with one attached hydrogen (secondary N) is 1. The van der Waals surface area contributed by atoms with Crippen molar-refractivity contribution >= 4 is 0 Å². The lowest BCUT2D eigenvalue weighted by atomic mass is 10.6. The van der Waals surface area contributed by atoms with E-state index in [4.69, 9.17) is 0 Å². The maximum atomic E-state index is 4.50. The van der Waals surface area contributed by atoms with Crippen LogP contribution in [0.4, 0.5) is 0 Å². The van der Waals surface area contributed by atoms with E-state index in [-0.39, 0.29) is 0 Å². The first-order valence-corrected chi connectivity index (χ1v) is 4.97. The molecule has 0 saturated heterocycles. The fourth-order valence-corrected chi connectivity index (χ4v) is 0. The van der Waals surface area contributed by atoms with Crippen LogP contribution in [0.5, 0.6) is 0 Å². The summed E-state index contributed by atoms with van der Waals surface area (Å²) in [6, 6.07) is 0. The van der Waals surface area contributed by atoms with Crippen LogP contribution >= 0.6 is 0 Å². The Kier molecular flexibility index (Phi) is 132. The summed E-state index contributed by atoms with van der Waals surface area (Å²) in [7, 11) is 3.43. The smallest absolute Gasteiger partial charge is 0.00804 e. The van der Waals surface area contributed by atoms with Crippen molar-refractivity contribution in [2.75, 3.05) is 20.6 Å². The Bertz CT molecular complexity index is 19.8. The maximum absolute atomic E-state index is 4.50. The van der Waals surface area contributed by atoms with E-state index in [1.165, 1.54) is 19.9 Å². The van der Waals surface area contributed by atoms with Crippen LogP contribution < -0.4 is 11.1 Å². The third kappa shape index (κ3) is 933. The molecule has 0 spiro atoms. The lowest BCUT2D eigenvalue weighted by Crippen LogP contribution is -2.01. The SMILES string of the molecule is CCC.CCC.CCNC.CN. The summed E-state index contributed by atoms with van der Waals surface area (Å²) in [6.07, 6.45) is 2.50. The molecule has 0 aliphatic rings. The number of rotatable bonds is 1. The predicted octanol–water partition coefficient (Wildman–Crippen LogP) is 2.63. The highest BCUT2D eigenvalue weighted by atomic mass is 14.8. The molecular weight excluding hydrogens is 148 g/mol. The van der Waals surface area contributed by atoms with Crippen molar-refractivity contribution in [2.24, 2.45) is 5.73 Å². The predicted molar refractivity (Wildman–Crippen MR) is 61.6 cm³/mol. The van der Waals surface area contributed by atoms with Crippen LogP contribution in [-0.2, 0) is 0 Å². The first-order chi connectivity index (χ1) is 5.74. The summed E-state index contributed by atoms with van der Waals surface area (Å²) < 4.78 is 0. The summed E-state index contributed by atoms with van der Waals surface area (Å²) in [4.78, 5) is 0. The second-order valence-corrected chi connectivity index (χ2v) is 2.12.